The summed E-state index contributed by atoms with van der Waals surface area (Å²) >= 11 is 0. The molecule has 0 amide bonds. The maximum Gasteiger partial charge on any atom is 0.232 e. The van der Waals surface area contributed by atoms with Crippen LogP contribution in [0.1, 0.15) is 26.2 Å². The standard InChI is InChI=1S/C9H18ClNO2S/c1-9-4-2-5-11(8-9)6-3-7-14(10,12)13/h9H,2-8H2,1H3/t9-/m0/s1. The van der Waals surface area contributed by atoms with Gasteiger partial charge in [0.2, 0.25) is 9.05 Å². The normalized spacial score (nSPS) is 25.1. The number of hydrogen-bond acceptors (Lipinski definition) is 3. The Bertz CT molecular complexity index is 266. The van der Waals surface area contributed by atoms with Crippen molar-refractivity contribution in [1.29, 1.82) is 0 Å². The van der Waals surface area contributed by atoms with Crippen LogP contribution in [-0.2, 0) is 9.05 Å². The highest BCUT2D eigenvalue weighted by Crippen LogP contribution is 2.15. The van der Waals surface area contributed by atoms with Crippen molar-refractivity contribution in [2.24, 2.45) is 5.92 Å². The summed E-state index contributed by atoms with van der Waals surface area (Å²) in [5, 5.41) is 0. The lowest BCUT2D eigenvalue weighted by Gasteiger charge is -2.30. The fourth-order valence-corrected chi connectivity index (χ4v) is 2.75. The second-order valence-electron chi connectivity index (χ2n) is 4.14. The molecule has 1 aliphatic heterocycles. The third kappa shape index (κ3) is 5.17. The number of piperidine rings is 1. The van der Waals surface area contributed by atoms with Crippen molar-refractivity contribution in [3.63, 3.8) is 0 Å². The molecule has 0 unspecified atom stereocenters. The van der Waals surface area contributed by atoms with Gasteiger partial charge in [-0.1, -0.05) is 6.92 Å². The largest absolute Gasteiger partial charge is 0.303 e. The van der Waals surface area contributed by atoms with E-state index >= 15 is 0 Å². The van der Waals surface area contributed by atoms with Gasteiger partial charge in [-0.2, -0.15) is 0 Å². The quantitative estimate of drug-likeness (QED) is 0.701. The lowest BCUT2D eigenvalue weighted by molar-refractivity contribution is 0.184. The van der Waals surface area contributed by atoms with Crippen molar-refractivity contribution in [2.75, 3.05) is 25.4 Å². The van der Waals surface area contributed by atoms with Crippen LogP contribution in [0.5, 0.6) is 0 Å². The van der Waals surface area contributed by atoms with Crippen LogP contribution in [0.4, 0.5) is 0 Å². The molecule has 0 aromatic rings. The molecule has 0 N–H and O–H groups in total. The van der Waals surface area contributed by atoms with Crippen LogP contribution in [-0.4, -0.2) is 38.7 Å². The van der Waals surface area contributed by atoms with Crippen molar-refractivity contribution in [2.45, 2.75) is 26.2 Å². The number of nitrogens with zero attached hydrogens (tertiary/aromatic N) is 1. The molecule has 0 aromatic heterocycles. The topological polar surface area (TPSA) is 37.4 Å². The fourth-order valence-electron chi connectivity index (χ4n) is 1.95. The minimum atomic E-state index is -3.29. The van der Waals surface area contributed by atoms with E-state index < -0.39 is 9.05 Å². The molecule has 0 aliphatic carbocycles. The van der Waals surface area contributed by atoms with Gasteiger partial charge in [-0.25, -0.2) is 8.42 Å². The summed E-state index contributed by atoms with van der Waals surface area (Å²) in [6.07, 6.45) is 3.18. The Labute approximate surface area is 90.8 Å². The Morgan fingerprint density at radius 3 is 2.79 bits per heavy atom. The van der Waals surface area contributed by atoms with E-state index in [-0.39, 0.29) is 5.75 Å². The molecule has 1 heterocycles. The molecule has 0 radical (unpaired) electrons. The zero-order valence-electron chi connectivity index (χ0n) is 8.58. The summed E-state index contributed by atoms with van der Waals surface area (Å²) in [5.41, 5.74) is 0. The summed E-state index contributed by atoms with van der Waals surface area (Å²) in [5.74, 6) is 0.843. The summed E-state index contributed by atoms with van der Waals surface area (Å²) in [6.45, 7) is 5.30. The molecule has 5 heteroatoms. The average Bonchev–Trinajstić information content (AvgIpc) is 2.01. The van der Waals surface area contributed by atoms with Crippen molar-refractivity contribution in [1.82, 2.24) is 4.90 Å². The van der Waals surface area contributed by atoms with Gasteiger partial charge >= 0.3 is 0 Å². The molecule has 1 fully saturated rings. The fraction of sp³-hybridized carbons (Fsp3) is 1.00. The number of likely N-dealkylation sites (tertiary alicyclic amines) is 1. The van der Waals surface area contributed by atoms with Crippen molar-refractivity contribution < 1.29 is 8.42 Å². The number of hydrogen-bond donors (Lipinski definition) is 0. The second kappa shape index (κ2) is 5.33. The first-order chi connectivity index (χ1) is 6.47. The molecular weight excluding hydrogens is 222 g/mol. The molecule has 3 nitrogen and oxygen atoms in total. The smallest absolute Gasteiger partial charge is 0.232 e. The van der Waals surface area contributed by atoms with Crippen molar-refractivity contribution in [3.05, 3.63) is 0 Å². The van der Waals surface area contributed by atoms with Crippen LogP contribution in [0, 0.1) is 5.92 Å². The first-order valence-corrected chi connectivity index (χ1v) is 7.60. The molecule has 0 spiro atoms. The molecule has 14 heavy (non-hydrogen) atoms. The minimum absolute atomic E-state index is 0.0967. The van der Waals surface area contributed by atoms with Gasteiger partial charge < -0.3 is 4.90 Å². The molecule has 1 aliphatic rings. The maximum absolute atomic E-state index is 10.7. The van der Waals surface area contributed by atoms with E-state index in [2.05, 4.69) is 11.8 Å². The van der Waals surface area contributed by atoms with Crippen LogP contribution < -0.4 is 0 Å². The van der Waals surface area contributed by atoms with E-state index in [1.54, 1.807) is 0 Å². The monoisotopic (exact) mass is 239 g/mol. The molecule has 0 bridgehead atoms. The van der Waals surface area contributed by atoms with E-state index in [9.17, 15) is 8.42 Å². The molecule has 0 aromatic carbocycles. The summed E-state index contributed by atoms with van der Waals surface area (Å²) in [4.78, 5) is 2.33. The van der Waals surface area contributed by atoms with Crippen LogP contribution in [0.25, 0.3) is 0 Å². The van der Waals surface area contributed by atoms with Gasteiger partial charge in [0.25, 0.3) is 0 Å². The second-order valence-corrected chi connectivity index (χ2v) is 7.04. The van der Waals surface area contributed by atoms with Crippen molar-refractivity contribution >= 4 is 19.7 Å². The Balaban J connectivity index is 2.18. The zero-order chi connectivity index (χ0) is 10.6. The first kappa shape index (κ1) is 12.3. The Morgan fingerprint density at radius 1 is 1.50 bits per heavy atom. The zero-order valence-corrected chi connectivity index (χ0v) is 10.1. The SMILES string of the molecule is C[C@H]1CCCN(CCCS(=O)(=O)Cl)C1. The third-order valence-corrected chi connectivity index (χ3v) is 3.84. The molecule has 1 rings (SSSR count). The predicted molar refractivity (Wildman–Crippen MR) is 59.1 cm³/mol. The van der Waals surface area contributed by atoms with Gasteiger partial charge in [-0.05, 0) is 38.3 Å². The Morgan fingerprint density at radius 2 is 2.21 bits per heavy atom. The van der Waals surface area contributed by atoms with E-state index in [0.717, 1.165) is 25.6 Å². The van der Waals surface area contributed by atoms with E-state index in [4.69, 9.17) is 10.7 Å². The average molecular weight is 240 g/mol. The number of rotatable bonds is 4. The van der Waals surface area contributed by atoms with Gasteiger partial charge in [-0.15, -0.1) is 0 Å². The molecular formula is C9H18ClNO2S. The van der Waals surface area contributed by atoms with Gasteiger partial charge in [0.1, 0.15) is 0 Å². The van der Waals surface area contributed by atoms with E-state index in [1.807, 2.05) is 0 Å². The van der Waals surface area contributed by atoms with Gasteiger partial charge in [0.15, 0.2) is 0 Å². The minimum Gasteiger partial charge on any atom is -0.303 e. The van der Waals surface area contributed by atoms with Crippen LogP contribution >= 0.6 is 10.7 Å². The summed E-state index contributed by atoms with van der Waals surface area (Å²) in [7, 11) is 1.84. The van der Waals surface area contributed by atoms with Crippen LogP contribution in [0.3, 0.4) is 0 Å². The van der Waals surface area contributed by atoms with E-state index in [1.165, 1.54) is 12.8 Å². The third-order valence-electron chi connectivity index (χ3n) is 2.60. The highest BCUT2D eigenvalue weighted by Gasteiger charge is 2.16. The van der Waals surface area contributed by atoms with Gasteiger partial charge in [0, 0.05) is 17.2 Å². The van der Waals surface area contributed by atoms with Crippen LogP contribution in [0.15, 0.2) is 0 Å². The molecule has 0 saturated carbocycles. The lowest BCUT2D eigenvalue weighted by Crippen LogP contribution is -2.35. The predicted octanol–water partition coefficient (Wildman–Crippen LogP) is 1.68. The highest BCUT2D eigenvalue weighted by molar-refractivity contribution is 8.13. The maximum atomic E-state index is 10.7. The van der Waals surface area contributed by atoms with E-state index in [0.29, 0.717) is 6.42 Å². The van der Waals surface area contributed by atoms with Gasteiger partial charge in [-0.3, -0.25) is 0 Å². The first-order valence-electron chi connectivity index (χ1n) is 5.12. The number of halogens is 1. The molecule has 1 atom stereocenters. The van der Waals surface area contributed by atoms with Crippen molar-refractivity contribution in [3.8, 4) is 0 Å². The molecule has 84 valence electrons. The summed E-state index contributed by atoms with van der Waals surface area (Å²) in [6, 6.07) is 0. The van der Waals surface area contributed by atoms with Gasteiger partial charge in [0.05, 0.1) is 5.75 Å². The Kier molecular flexibility index (Phi) is 4.67. The van der Waals surface area contributed by atoms with Crippen LogP contribution in [0.2, 0.25) is 0 Å². The highest BCUT2D eigenvalue weighted by atomic mass is 35.7. The Hall–Kier alpha value is 0.200. The summed E-state index contributed by atoms with van der Waals surface area (Å²) < 4.78 is 21.4. The molecule has 1 saturated heterocycles. The lowest BCUT2D eigenvalue weighted by atomic mass is 10.0.